The molecule has 0 aliphatic rings. The third kappa shape index (κ3) is 5.05. The van der Waals surface area contributed by atoms with E-state index in [0.29, 0.717) is 11.4 Å². The fraction of sp³-hybridized carbons (Fsp3) is 0. The topological polar surface area (TPSA) is 3.24 Å². The van der Waals surface area contributed by atoms with E-state index < -0.39 is 54.4 Å². The van der Waals surface area contributed by atoms with Gasteiger partial charge >= 0.3 is 0 Å². The maximum atomic E-state index is 9.36. The second kappa shape index (κ2) is 11.6. The second-order valence-electron chi connectivity index (χ2n) is 10.7. The summed E-state index contributed by atoms with van der Waals surface area (Å²) in [6.45, 7) is 0. The first-order valence-electron chi connectivity index (χ1n) is 19.2. The SMILES string of the molecule is [2H]c1c([2H])c([2H])c(-c2c([2H])c([2H])c(N(c3ccc(-c4c(-c5ccccc5)ccc5ccccc45)cc3)c3cccc4ccccc34)c([2H])c2[2H])c([2H])c1[2H]. The normalized spacial score (nSPS) is 13.9. The average molecular weight is 583 g/mol. The van der Waals surface area contributed by atoms with E-state index in [1.165, 1.54) is 0 Å². The molecular weight excluding hydrogens is 542 g/mol. The molecule has 0 aromatic heterocycles. The summed E-state index contributed by atoms with van der Waals surface area (Å²) in [5.41, 5.74) is 4.55. The van der Waals surface area contributed by atoms with E-state index in [0.717, 1.165) is 43.8 Å². The van der Waals surface area contributed by atoms with Crippen molar-refractivity contribution >= 4 is 38.6 Å². The lowest BCUT2D eigenvalue weighted by Crippen LogP contribution is -2.10. The molecule has 0 N–H and O–H groups in total. The molecule has 0 bridgehead atoms. The Morgan fingerprint density at radius 3 is 1.76 bits per heavy atom. The zero-order chi connectivity index (χ0) is 37.8. The Morgan fingerprint density at radius 2 is 1.00 bits per heavy atom. The number of hydrogen-bond donors (Lipinski definition) is 0. The zero-order valence-electron chi connectivity index (χ0n) is 33.1. The van der Waals surface area contributed by atoms with E-state index in [1.54, 1.807) is 4.90 Å². The standard InChI is InChI=1S/C44H31N/c1-3-12-32(13-4-1)33-22-27-38(28-23-33)45(43-21-11-18-34-16-7-9-19-40(34)43)39-29-24-37(25-30-39)44-41-20-10-8-17-36(41)26-31-42(44)35-14-5-2-6-15-35/h1-31H/i1D,3D,4D,12D,13D,22D,23D,27D,28D. The summed E-state index contributed by atoms with van der Waals surface area (Å²) in [6, 6.07) is 39.0. The fourth-order valence-corrected chi connectivity index (χ4v) is 5.93. The highest BCUT2D eigenvalue weighted by Crippen LogP contribution is 2.42. The fourth-order valence-electron chi connectivity index (χ4n) is 5.93. The summed E-state index contributed by atoms with van der Waals surface area (Å²) in [6.07, 6.45) is 0. The van der Waals surface area contributed by atoms with Crippen LogP contribution in [0.15, 0.2) is 188 Å². The quantitative estimate of drug-likeness (QED) is 0.188. The van der Waals surface area contributed by atoms with Gasteiger partial charge in [0.25, 0.3) is 0 Å². The van der Waals surface area contributed by atoms with Crippen molar-refractivity contribution in [3.8, 4) is 33.4 Å². The van der Waals surface area contributed by atoms with Gasteiger partial charge in [-0.05, 0) is 79.8 Å². The Bertz CT molecular complexity index is 2700. The molecule has 212 valence electrons. The molecule has 8 rings (SSSR count). The van der Waals surface area contributed by atoms with Crippen LogP contribution in [0, 0.1) is 0 Å². The molecule has 0 atom stereocenters. The molecule has 1 heteroatoms. The van der Waals surface area contributed by atoms with Crippen LogP contribution < -0.4 is 4.90 Å². The highest BCUT2D eigenvalue weighted by Gasteiger charge is 2.17. The van der Waals surface area contributed by atoms with Gasteiger partial charge in [-0.2, -0.15) is 0 Å². The van der Waals surface area contributed by atoms with Crippen LogP contribution in [0.5, 0.6) is 0 Å². The molecular formula is C44H31N. The third-order valence-corrected chi connectivity index (χ3v) is 8.02. The van der Waals surface area contributed by atoms with Gasteiger partial charge in [-0.15, -0.1) is 0 Å². The molecule has 0 amide bonds. The first kappa shape index (κ1) is 18.7. The average Bonchev–Trinajstić information content (AvgIpc) is 3.21. The summed E-state index contributed by atoms with van der Waals surface area (Å²) < 4.78 is 78.5. The van der Waals surface area contributed by atoms with Crippen molar-refractivity contribution < 1.29 is 12.3 Å². The van der Waals surface area contributed by atoms with Crippen LogP contribution in [0.3, 0.4) is 0 Å². The lowest BCUT2D eigenvalue weighted by atomic mass is 9.89. The third-order valence-electron chi connectivity index (χ3n) is 8.02. The molecule has 0 saturated heterocycles. The van der Waals surface area contributed by atoms with Crippen molar-refractivity contribution in [3.63, 3.8) is 0 Å². The van der Waals surface area contributed by atoms with Gasteiger partial charge in [-0.25, -0.2) is 0 Å². The van der Waals surface area contributed by atoms with Gasteiger partial charge in [0.2, 0.25) is 0 Å². The first-order chi connectivity index (χ1) is 26.1. The van der Waals surface area contributed by atoms with Crippen LogP contribution >= 0.6 is 0 Å². The van der Waals surface area contributed by atoms with Gasteiger partial charge in [0.05, 0.1) is 18.0 Å². The lowest BCUT2D eigenvalue weighted by molar-refractivity contribution is 1.30. The molecule has 0 fully saturated rings. The Morgan fingerprint density at radius 1 is 0.378 bits per heavy atom. The number of rotatable bonds is 6. The number of anilines is 3. The predicted octanol–water partition coefficient (Wildman–Crippen LogP) is 12.5. The maximum Gasteiger partial charge on any atom is 0.0645 e. The lowest BCUT2D eigenvalue weighted by Gasteiger charge is -2.27. The van der Waals surface area contributed by atoms with Crippen molar-refractivity contribution in [1.29, 1.82) is 0 Å². The molecule has 0 radical (unpaired) electrons. The van der Waals surface area contributed by atoms with Crippen LogP contribution in [0.2, 0.25) is 0 Å². The molecule has 0 saturated carbocycles. The number of fused-ring (bicyclic) bond motifs is 2. The molecule has 45 heavy (non-hydrogen) atoms. The summed E-state index contributed by atoms with van der Waals surface area (Å²) in [4.78, 5) is 1.71. The van der Waals surface area contributed by atoms with Gasteiger partial charge in [0.15, 0.2) is 0 Å². The van der Waals surface area contributed by atoms with Crippen molar-refractivity contribution in [2.45, 2.75) is 0 Å². The van der Waals surface area contributed by atoms with Crippen LogP contribution in [0.25, 0.3) is 54.9 Å². The van der Waals surface area contributed by atoms with E-state index in [1.807, 2.05) is 97.1 Å². The Balaban J connectivity index is 1.37. The minimum Gasteiger partial charge on any atom is -0.310 e. The Labute approximate surface area is 276 Å². The molecule has 1 nitrogen and oxygen atoms in total. The molecule has 8 aromatic rings. The molecule has 8 aromatic carbocycles. The number of nitrogens with zero attached hydrogens (tertiary/aromatic N) is 1. The summed E-state index contributed by atoms with van der Waals surface area (Å²) in [5, 5.41) is 3.90. The van der Waals surface area contributed by atoms with E-state index in [2.05, 4.69) is 36.4 Å². The van der Waals surface area contributed by atoms with Crippen LogP contribution in [0.1, 0.15) is 12.3 Å². The smallest absolute Gasteiger partial charge is 0.0645 e. The van der Waals surface area contributed by atoms with Gasteiger partial charge in [0, 0.05) is 16.8 Å². The van der Waals surface area contributed by atoms with Crippen molar-refractivity contribution in [3.05, 3.63) is 188 Å². The van der Waals surface area contributed by atoms with Gasteiger partial charge in [-0.1, -0.05) is 158 Å². The number of hydrogen-bond acceptors (Lipinski definition) is 1. The molecule has 0 unspecified atom stereocenters. The maximum absolute atomic E-state index is 9.36. The number of benzene rings is 8. The first-order valence-corrected chi connectivity index (χ1v) is 14.7. The Kier molecular flexibility index (Phi) is 4.83. The van der Waals surface area contributed by atoms with E-state index in [9.17, 15) is 2.74 Å². The van der Waals surface area contributed by atoms with Crippen LogP contribution in [-0.4, -0.2) is 0 Å². The van der Waals surface area contributed by atoms with Crippen molar-refractivity contribution in [1.82, 2.24) is 0 Å². The molecule has 0 aliphatic heterocycles. The van der Waals surface area contributed by atoms with Gasteiger partial charge in [0.1, 0.15) is 0 Å². The highest BCUT2D eigenvalue weighted by molar-refractivity contribution is 6.05. The molecule has 0 spiro atoms. The summed E-state index contributed by atoms with van der Waals surface area (Å²) in [5.74, 6) is 0. The van der Waals surface area contributed by atoms with Crippen LogP contribution in [0.4, 0.5) is 17.1 Å². The zero-order valence-corrected chi connectivity index (χ0v) is 24.1. The van der Waals surface area contributed by atoms with Crippen LogP contribution in [-0.2, 0) is 0 Å². The minimum atomic E-state index is -0.619. The molecule has 0 heterocycles. The van der Waals surface area contributed by atoms with Crippen molar-refractivity contribution in [2.24, 2.45) is 0 Å². The monoisotopic (exact) mass is 582 g/mol. The van der Waals surface area contributed by atoms with E-state index in [4.69, 9.17) is 9.60 Å². The summed E-state index contributed by atoms with van der Waals surface area (Å²) >= 11 is 0. The minimum absolute atomic E-state index is 0.0413. The van der Waals surface area contributed by atoms with E-state index >= 15 is 0 Å². The molecule has 0 aliphatic carbocycles. The predicted molar refractivity (Wildman–Crippen MR) is 192 cm³/mol. The van der Waals surface area contributed by atoms with Crippen molar-refractivity contribution in [2.75, 3.05) is 4.90 Å². The van der Waals surface area contributed by atoms with Gasteiger partial charge < -0.3 is 4.90 Å². The van der Waals surface area contributed by atoms with E-state index in [-0.39, 0.29) is 16.8 Å². The highest BCUT2D eigenvalue weighted by atomic mass is 15.1. The summed E-state index contributed by atoms with van der Waals surface area (Å²) in [7, 11) is 0. The Hall–Kier alpha value is -5.92. The largest absolute Gasteiger partial charge is 0.310 e. The second-order valence-corrected chi connectivity index (χ2v) is 10.7. The van der Waals surface area contributed by atoms with Gasteiger partial charge in [-0.3, -0.25) is 0 Å².